The molecular weight excluding hydrogens is 537 g/mol. The molecule has 184 valence electrons. The van der Waals surface area contributed by atoms with Crippen molar-refractivity contribution in [3.8, 4) is 11.8 Å². The van der Waals surface area contributed by atoms with Crippen molar-refractivity contribution in [1.82, 2.24) is 0 Å². The van der Waals surface area contributed by atoms with Crippen LogP contribution in [0.15, 0.2) is 78.4 Å². The number of nitrogens with zero attached hydrogens (tertiary/aromatic N) is 2. The Morgan fingerprint density at radius 3 is 2.35 bits per heavy atom. The van der Waals surface area contributed by atoms with Crippen LogP contribution in [0.2, 0.25) is 15.1 Å². The van der Waals surface area contributed by atoms with E-state index in [1.165, 1.54) is 6.08 Å². The van der Waals surface area contributed by atoms with Gasteiger partial charge in [0.1, 0.15) is 24.0 Å². The van der Waals surface area contributed by atoms with E-state index < -0.39 is 10.8 Å². The fourth-order valence-electron chi connectivity index (χ4n) is 3.58. The standard InChI is InChI=1S/C27H16Cl3N3O4/c28-22-8-4-2-6-17(22)15-37-25-10-9-16-5-1-3-7-20(16)21(25)11-18(14-31)27(34)32-26-23(29)12-19(33(35)36)13-24(26)30/h1-13H,15H2,(H,32,34)/b18-11+. The van der Waals surface area contributed by atoms with Crippen LogP contribution >= 0.6 is 34.8 Å². The predicted molar refractivity (Wildman–Crippen MR) is 145 cm³/mol. The third kappa shape index (κ3) is 5.84. The lowest BCUT2D eigenvalue weighted by Crippen LogP contribution is -2.14. The van der Waals surface area contributed by atoms with Gasteiger partial charge in [-0.05, 0) is 29.0 Å². The molecule has 0 aliphatic carbocycles. The van der Waals surface area contributed by atoms with Crippen LogP contribution in [0.3, 0.4) is 0 Å². The molecule has 0 bridgehead atoms. The number of halogens is 3. The molecule has 0 unspecified atom stereocenters. The van der Waals surface area contributed by atoms with Gasteiger partial charge in [0.05, 0.1) is 20.7 Å². The number of rotatable bonds is 7. The van der Waals surface area contributed by atoms with E-state index in [-0.39, 0.29) is 33.6 Å². The number of amides is 1. The summed E-state index contributed by atoms with van der Waals surface area (Å²) in [7, 11) is 0. The second-order valence-electron chi connectivity index (χ2n) is 7.74. The molecule has 0 fully saturated rings. The summed E-state index contributed by atoms with van der Waals surface area (Å²) in [5.41, 5.74) is 0.642. The van der Waals surface area contributed by atoms with Gasteiger partial charge in [-0.1, -0.05) is 83.3 Å². The zero-order valence-corrected chi connectivity index (χ0v) is 21.1. The molecule has 1 N–H and O–H groups in total. The lowest BCUT2D eigenvalue weighted by atomic mass is 10.0. The Kier molecular flexibility index (Phi) is 7.95. The van der Waals surface area contributed by atoms with Gasteiger partial charge in [0.15, 0.2) is 0 Å². The van der Waals surface area contributed by atoms with Gasteiger partial charge in [0.25, 0.3) is 11.6 Å². The summed E-state index contributed by atoms with van der Waals surface area (Å²) in [6.45, 7) is 0.168. The zero-order valence-electron chi connectivity index (χ0n) is 18.9. The highest BCUT2D eigenvalue weighted by Crippen LogP contribution is 2.36. The van der Waals surface area contributed by atoms with Crippen LogP contribution in [-0.2, 0) is 11.4 Å². The summed E-state index contributed by atoms with van der Waals surface area (Å²) < 4.78 is 6.05. The summed E-state index contributed by atoms with van der Waals surface area (Å²) >= 11 is 18.5. The first-order valence-electron chi connectivity index (χ1n) is 10.7. The minimum absolute atomic E-state index is 0.0480. The topological polar surface area (TPSA) is 105 Å². The maximum atomic E-state index is 13.0. The van der Waals surface area contributed by atoms with Crippen molar-refractivity contribution in [3.05, 3.63) is 115 Å². The van der Waals surface area contributed by atoms with E-state index in [1.54, 1.807) is 12.1 Å². The first-order chi connectivity index (χ1) is 17.8. The highest BCUT2D eigenvalue weighted by molar-refractivity contribution is 6.40. The van der Waals surface area contributed by atoms with Gasteiger partial charge >= 0.3 is 0 Å². The Morgan fingerprint density at radius 2 is 1.68 bits per heavy atom. The first kappa shape index (κ1) is 26.0. The fraction of sp³-hybridized carbons (Fsp3) is 0.0370. The number of nitro groups is 1. The molecule has 4 aromatic carbocycles. The lowest BCUT2D eigenvalue weighted by Gasteiger charge is -2.14. The van der Waals surface area contributed by atoms with Crippen LogP contribution < -0.4 is 10.1 Å². The quantitative estimate of drug-likeness (QED) is 0.109. The number of fused-ring (bicyclic) bond motifs is 1. The lowest BCUT2D eigenvalue weighted by molar-refractivity contribution is -0.384. The van der Waals surface area contributed by atoms with Crippen LogP contribution in [0.25, 0.3) is 16.8 Å². The van der Waals surface area contributed by atoms with E-state index in [1.807, 2.05) is 54.6 Å². The SMILES string of the molecule is N#C/C(=C\c1c(OCc2ccccc2Cl)ccc2ccccc12)C(=O)Nc1c(Cl)cc([N+](=O)[O-])cc1Cl. The second kappa shape index (κ2) is 11.3. The van der Waals surface area contributed by atoms with Crippen molar-refractivity contribution in [3.63, 3.8) is 0 Å². The number of non-ortho nitro benzene ring substituents is 1. The molecule has 4 rings (SSSR count). The molecule has 4 aromatic rings. The monoisotopic (exact) mass is 551 g/mol. The Morgan fingerprint density at radius 1 is 1.00 bits per heavy atom. The van der Waals surface area contributed by atoms with E-state index in [0.29, 0.717) is 16.3 Å². The third-order valence-corrected chi connectivity index (χ3v) is 6.37. The third-order valence-electron chi connectivity index (χ3n) is 5.40. The van der Waals surface area contributed by atoms with E-state index in [9.17, 15) is 20.2 Å². The minimum Gasteiger partial charge on any atom is -0.488 e. The molecule has 10 heteroatoms. The number of carbonyl (C=O) groups is 1. The summed E-state index contributed by atoms with van der Waals surface area (Å²) in [5.74, 6) is -0.365. The summed E-state index contributed by atoms with van der Waals surface area (Å²) in [6, 6.07) is 22.3. The normalized spacial score (nSPS) is 11.1. The van der Waals surface area contributed by atoms with Crippen LogP contribution in [-0.4, -0.2) is 10.8 Å². The molecule has 0 radical (unpaired) electrons. The maximum Gasteiger partial charge on any atom is 0.272 e. The van der Waals surface area contributed by atoms with Crippen LogP contribution in [0.5, 0.6) is 5.75 Å². The van der Waals surface area contributed by atoms with E-state index >= 15 is 0 Å². The first-order valence-corrected chi connectivity index (χ1v) is 11.9. The van der Waals surface area contributed by atoms with Gasteiger partial charge in [-0.15, -0.1) is 0 Å². The van der Waals surface area contributed by atoms with Gasteiger partial charge in [-0.3, -0.25) is 14.9 Å². The van der Waals surface area contributed by atoms with Crippen molar-refractivity contribution >= 4 is 68.9 Å². The molecule has 1 amide bonds. The van der Waals surface area contributed by atoms with Crippen LogP contribution in [0.1, 0.15) is 11.1 Å². The number of nitro benzene ring substituents is 1. The number of hydrogen-bond acceptors (Lipinski definition) is 5. The molecule has 0 heterocycles. The molecule has 0 saturated carbocycles. The molecular formula is C27H16Cl3N3O4. The maximum absolute atomic E-state index is 13.0. The smallest absolute Gasteiger partial charge is 0.272 e. The van der Waals surface area contributed by atoms with Crippen molar-refractivity contribution in [2.24, 2.45) is 0 Å². The Bertz CT molecular complexity index is 1590. The van der Waals surface area contributed by atoms with Crippen molar-refractivity contribution < 1.29 is 14.5 Å². The van der Waals surface area contributed by atoms with E-state index in [0.717, 1.165) is 28.5 Å². The van der Waals surface area contributed by atoms with E-state index in [2.05, 4.69) is 5.32 Å². The average Bonchev–Trinajstić information content (AvgIpc) is 2.88. The summed E-state index contributed by atoms with van der Waals surface area (Å²) in [5, 5.41) is 25.2. The number of benzene rings is 4. The molecule has 0 aliphatic rings. The molecule has 0 aromatic heterocycles. The molecule has 37 heavy (non-hydrogen) atoms. The van der Waals surface area contributed by atoms with Crippen molar-refractivity contribution in [1.29, 1.82) is 5.26 Å². The van der Waals surface area contributed by atoms with E-state index in [4.69, 9.17) is 39.5 Å². The zero-order chi connectivity index (χ0) is 26.5. The average molecular weight is 553 g/mol. The molecule has 7 nitrogen and oxygen atoms in total. The van der Waals surface area contributed by atoms with Gasteiger partial charge in [0.2, 0.25) is 0 Å². The largest absolute Gasteiger partial charge is 0.488 e. The Balaban J connectivity index is 1.72. The number of nitrogens with one attached hydrogen (secondary N) is 1. The number of hydrogen-bond donors (Lipinski definition) is 1. The number of ether oxygens (including phenoxy) is 1. The van der Waals surface area contributed by atoms with Gasteiger partial charge < -0.3 is 10.1 Å². The molecule has 0 saturated heterocycles. The van der Waals surface area contributed by atoms with Crippen LogP contribution in [0.4, 0.5) is 11.4 Å². The van der Waals surface area contributed by atoms with Gasteiger partial charge in [0, 0.05) is 28.3 Å². The Hall–Kier alpha value is -4.09. The predicted octanol–water partition coefficient (Wildman–Crippen LogP) is 7.83. The molecule has 0 aliphatic heterocycles. The van der Waals surface area contributed by atoms with Crippen LogP contribution in [0, 0.1) is 21.4 Å². The summed E-state index contributed by atoms with van der Waals surface area (Å²) in [4.78, 5) is 23.4. The highest BCUT2D eigenvalue weighted by atomic mass is 35.5. The molecule has 0 atom stereocenters. The minimum atomic E-state index is -0.801. The van der Waals surface area contributed by atoms with Gasteiger partial charge in [-0.2, -0.15) is 5.26 Å². The van der Waals surface area contributed by atoms with Crippen molar-refractivity contribution in [2.45, 2.75) is 6.61 Å². The second-order valence-corrected chi connectivity index (χ2v) is 8.97. The summed E-state index contributed by atoms with van der Waals surface area (Å²) in [6.07, 6.45) is 1.41. The Labute approximate surface area is 226 Å². The molecule has 0 spiro atoms. The number of anilines is 1. The fourth-order valence-corrected chi connectivity index (χ4v) is 4.34. The number of nitriles is 1. The number of carbonyl (C=O) groups excluding carboxylic acids is 1. The van der Waals surface area contributed by atoms with Gasteiger partial charge in [-0.25, -0.2) is 0 Å². The highest BCUT2D eigenvalue weighted by Gasteiger charge is 2.19. The van der Waals surface area contributed by atoms with Crippen molar-refractivity contribution in [2.75, 3.05) is 5.32 Å².